The maximum Gasteiger partial charge on any atom is 0.254 e. The summed E-state index contributed by atoms with van der Waals surface area (Å²) in [4.78, 5) is 28.5. The zero-order chi connectivity index (χ0) is 17.6. The minimum absolute atomic E-state index is 0.0541. The maximum atomic E-state index is 12.2. The summed E-state index contributed by atoms with van der Waals surface area (Å²) in [7, 11) is 1.60. The van der Waals surface area contributed by atoms with Crippen molar-refractivity contribution in [3.05, 3.63) is 47.0 Å². The molecule has 2 heterocycles. The van der Waals surface area contributed by atoms with E-state index in [2.05, 4.69) is 10.3 Å². The molecular formula is C18H21N3O4. The Bertz CT molecular complexity index is 780. The van der Waals surface area contributed by atoms with Gasteiger partial charge in [-0.05, 0) is 37.1 Å². The summed E-state index contributed by atoms with van der Waals surface area (Å²) >= 11 is 0. The number of ether oxygens (including phenoxy) is 2. The Balaban J connectivity index is 1.62. The molecule has 25 heavy (non-hydrogen) atoms. The second-order valence-corrected chi connectivity index (χ2v) is 5.91. The van der Waals surface area contributed by atoms with Gasteiger partial charge in [0.25, 0.3) is 5.56 Å². The van der Waals surface area contributed by atoms with E-state index < -0.39 is 0 Å². The van der Waals surface area contributed by atoms with Crippen LogP contribution in [0.5, 0.6) is 5.75 Å². The number of hydrogen-bond acceptors (Lipinski definition) is 5. The van der Waals surface area contributed by atoms with Crippen LogP contribution in [-0.4, -0.2) is 41.8 Å². The molecule has 132 valence electrons. The molecule has 3 rings (SSSR count). The minimum atomic E-state index is -0.270. The summed E-state index contributed by atoms with van der Waals surface area (Å²) in [5.74, 6) is 0.511. The summed E-state index contributed by atoms with van der Waals surface area (Å²) in [6, 6.07) is 8.70. The Kier molecular flexibility index (Phi) is 5.45. The molecule has 7 heteroatoms. The number of methoxy groups -OCH3 is 1. The molecule has 2 aromatic rings. The first-order valence-corrected chi connectivity index (χ1v) is 8.25. The highest BCUT2D eigenvalue weighted by molar-refractivity contribution is 5.75. The lowest BCUT2D eigenvalue weighted by atomic mass is 10.1. The molecule has 7 nitrogen and oxygen atoms in total. The molecule has 1 saturated heterocycles. The van der Waals surface area contributed by atoms with Gasteiger partial charge in [0.2, 0.25) is 5.91 Å². The van der Waals surface area contributed by atoms with Gasteiger partial charge in [-0.25, -0.2) is 4.98 Å². The molecule has 0 spiro atoms. The quantitative estimate of drug-likeness (QED) is 0.853. The summed E-state index contributed by atoms with van der Waals surface area (Å²) in [5.41, 5.74) is 1.10. The Labute approximate surface area is 145 Å². The van der Waals surface area contributed by atoms with Gasteiger partial charge < -0.3 is 14.8 Å². The van der Waals surface area contributed by atoms with Crippen molar-refractivity contribution in [1.29, 1.82) is 0 Å². The Morgan fingerprint density at radius 2 is 2.20 bits per heavy atom. The van der Waals surface area contributed by atoms with Crippen LogP contribution in [0.25, 0.3) is 11.3 Å². The normalized spacial score (nSPS) is 16.6. The van der Waals surface area contributed by atoms with E-state index in [0.29, 0.717) is 12.2 Å². The average Bonchev–Trinajstić information content (AvgIpc) is 3.15. The second-order valence-electron chi connectivity index (χ2n) is 5.91. The van der Waals surface area contributed by atoms with Gasteiger partial charge in [-0.3, -0.25) is 14.2 Å². The molecule has 1 fully saturated rings. The molecule has 1 atom stereocenters. The fourth-order valence-corrected chi connectivity index (χ4v) is 2.71. The number of rotatable bonds is 6. The van der Waals surface area contributed by atoms with E-state index in [-0.39, 0.29) is 24.1 Å². The number of carbonyl (C=O) groups is 1. The van der Waals surface area contributed by atoms with E-state index in [9.17, 15) is 9.59 Å². The number of aromatic nitrogens is 2. The molecule has 0 bridgehead atoms. The van der Waals surface area contributed by atoms with E-state index in [1.54, 1.807) is 19.2 Å². The van der Waals surface area contributed by atoms with Gasteiger partial charge in [0.1, 0.15) is 12.3 Å². The first-order valence-electron chi connectivity index (χ1n) is 8.25. The lowest BCUT2D eigenvalue weighted by Gasteiger charge is -2.11. The van der Waals surface area contributed by atoms with Crippen molar-refractivity contribution >= 4 is 5.91 Å². The molecule has 1 N–H and O–H groups in total. The van der Waals surface area contributed by atoms with Gasteiger partial charge in [-0.15, -0.1) is 0 Å². The monoisotopic (exact) mass is 343 g/mol. The number of hydrogen-bond donors (Lipinski definition) is 1. The maximum absolute atomic E-state index is 12.2. The molecule has 0 aliphatic carbocycles. The summed E-state index contributed by atoms with van der Waals surface area (Å²) in [6.07, 6.45) is 3.46. The standard InChI is InChI=1S/C18H21N3O4/c1-24-14-6-4-13(5-7-14)16-9-18(23)21(12-20-16)11-17(22)19-10-15-3-2-8-25-15/h4-7,9,12,15H,2-3,8,10-11H2,1H3,(H,19,22)/t15-/m1/s1. The lowest BCUT2D eigenvalue weighted by molar-refractivity contribution is -0.122. The predicted molar refractivity (Wildman–Crippen MR) is 92.5 cm³/mol. The molecule has 1 amide bonds. The zero-order valence-electron chi connectivity index (χ0n) is 14.1. The lowest BCUT2D eigenvalue weighted by Crippen LogP contribution is -2.36. The third kappa shape index (κ3) is 4.45. The van der Waals surface area contributed by atoms with Gasteiger partial charge in [0.05, 0.1) is 25.2 Å². The Hall–Kier alpha value is -2.67. The van der Waals surface area contributed by atoms with Gasteiger partial charge >= 0.3 is 0 Å². The van der Waals surface area contributed by atoms with Crippen LogP contribution in [0.15, 0.2) is 41.5 Å². The van der Waals surface area contributed by atoms with Crippen LogP contribution >= 0.6 is 0 Å². The summed E-state index contributed by atoms with van der Waals surface area (Å²) in [6.45, 7) is 1.17. The van der Waals surface area contributed by atoms with Crippen LogP contribution in [0.2, 0.25) is 0 Å². The van der Waals surface area contributed by atoms with Gasteiger partial charge in [0.15, 0.2) is 0 Å². The minimum Gasteiger partial charge on any atom is -0.497 e. The van der Waals surface area contributed by atoms with Crippen molar-refractivity contribution in [1.82, 2.24) is 14.9 Å². The van der Waals surface area contributed by atoms with Gasteiger partial charge in [-0.2, -0.15) is 0 Å². The van der Waals surface area contributed by atoms with Crippen molar-refractivity contribution < 1.29 is 14.3 Å². The van der Waals surface area contributed by atoms with Crippen molar-refractivity contribution in [2.24, 2.45) is 0 Å². The third-order valence-electron chi connectivity index (χ3n) is 4.13. The smallest absolute Gasteiger partial charge is 0.254 e. The van der Waals surface area contributed by atoms with Crippen LogP contribution in [0.1, 0.15) is 12.8 Å². The van der Waals surface area contributed by atoms with Crippen LogP contribution in [0.3, 0.4) is 0 Å². The van der Waals surface area contributed by atoms with Crippen molar-refractivity contribution in [2.45, 2.75) is 25.5 Å². The van der Waals surface area contributed by atoms with Gasteiger partial charge in [-0.1, -0.05) is 0 Å². The third-order valence-corrected chi connectivity index (χ3v) is 4.13. The highest BCUT2D eigenvalue weighted by atomic mass is 16.5. The number of carbonyl (C=O) groups excluding carboxylic acids is 1. The molecule has 0 radical (unpaired) electrons. The van der Waals surface area contributed by atoms with E-state index in [1.165, 1.54) is 17.0 Å². The van der Waals surface area contributed by atoms with E-state index in [1.807, 2.05) is 12.1 Å². The van der Waals surface area contributed by atoms with Crippen LogP contribution in [0.4, 0.5) is 0 Å². The van der Waals surface area contributed by atoms with E-state index in [0.717, 1.165) is 30.8 Å². The number of nitrogens with one attached hydrogen (secondary N) is 1. The zero-order valence-corrected chi connectivity index (χ0v) is 14.1. The first-order chi connectivity index (χ1) is 12.2. The van der Waals surface area contributed by atoms with E-state index in [4.69, 9.17) is 9.47 Å². The van der Waals surface area contributed by atoms with Crippen LogP contribution in [-0.2, 0) is 16.1 Å². The molecule has 0 unspecified atom stereocenters. The summed E-state index contributed by atoms with van der Waals surface area (Å²) < 4.78 is 11.9. The molecule has 1 aromatic heterocycles. The van der Waals surface area contributed by atoms with E-state index >= 15 is 0 Å². The van der Waals surface area contributed by atoms with Crippen LogP contribution < -0.4 is 15.6 Å². The molecule has 0 saturated carbocycles. The molecule has 1 aromatic carbocycles. The topological polar surface area (TPSA) is 82.5 Å². The fraction of sp³-hybridized carbons (Fsp3) is 0.389. The SMILES string of the molecule is COc1ccc(-c2cc(=O)n(CC(=O)NC[C@H]3CCCO3)cn2)cc1. The van der Waals surface area contributed by atoms with Crippen molar-refractivity contribution in [3.63, 3.8) is 0 Å². The van der Waals surface area contributed by atoms with Crippen molar-refractivity contribution in [2.75, 3.05) is 20.3 Å². The van der Waals surface area contributed by atoms with Gasteiger partial charge in [0, 0.05) is 24.8 Å². The van der Waals surface area contributed by atoms with Crippen LogP contribution in [0, 0.1) is 0 Å². The molecular weight excluding hydrogens is 322 g/mol. The predicted octanol–water partition coefficient (Wildman–Crippen LogP) is 1.21. The number of amides is 1. The summed E-state index contributed by atoms with van der Waals surface area (Å²) in [5, 5.41) is 2.79. The fourth-order valence-electron chi connectivity index (χ4n) is 2.71. The first kappa shape index (κ1) is 17.2. The highest BCUT2D eigenvalue weighted by Crippen LogP contribution is 2.19. The second kappa shape index (κ2) is 7.94. The van der Waals surface area contributed by atoms with Crippen molar-refractivity contribution in [3.8, 4) is 17.0 Å². The Morgan fingerprint density at radius 1 is 1.40 bits per heavy atom. The molecule has 1 aliphatic rings. The molecule has 1 aliphatic heterocycles. The number of nitrogens with zero attached hydrogens (tertiary/aromatic N) is 2. The average molecular weight is 343 g/mol. The largest absolute Gasteiger partial charge is 0.497 e. The highest BCUT2D eigenvalue weighted by Gasteiger charge is 2.16. The number of benzene rings is 1. The Morgan fingerprint density at radius 3 is 2.84 bits per heavy atom.